The van der Waals surface area contributed by atoms with Gasteiger partial charge in [-0.2, -0.15) is 0 Å². The molecule has 0 saturated heterocycles. The van der Waals surface area contributed by atoms with Gasteiger partial charge in [-0.05, 0) is 67.3 Å². The summed E-state index contributed by atoms with van der Waals surface area (Å²) in [4.78, 5) is 24.8. The van der Waals surface area contributed by atoms with Crippen LogP contribution >= 0.6 is 0 Å². The lowest BCUT2D eigenvalue weighted by Crippen LogP contribution is -2.45. The predicted octanol–water partition coefficient (Wildman–Crippen LogP) is 5.13. The fourth-order valence-electron chi connectivity index (χ4n) is 4.57. The summed E-state index contributed by atoms with van der Waals surface area (Å²) in [6, 6.07) is 17.0. The number of hydrogen-bond acceptors (Lipinski definition) is 7. The highest BCUT2D eigenvalue weighted by Crippen LogP contribution is 2.33. The van der Waals surface area contributed by atoms with E-state index in [2.05, 4.69) is 10.0 Å². The lowest BCUT2D eigenvalue weighted by Gasteiger charge is -2.34. The Morgan fingerprint density at radius 2 is 1.62 bits per heavy atom. The van der Waals surface area contributed by atoms with E-state index in [-0.39, 0.29) is 17.2 Å². The van der Waals surface area contributed by atoms with Crippen LogP contribution < -0.4 is 14.3 Å². The van der Waals surface area contributed by atoms with E-state index in [0.717, 1.165) is 15.4 Å². The Hall–Kier alpha value is -4.20. The highest BCUT2D eigenvalue weighted by molar-refractivity contribution is 7.92. The van der Waals surface area contributed by atoms with Crippen molar-refractivity contribution in [1.29, 1.82) is 0 Å². The number of carboxylic acids is 1. The van der Waals surface area contributed by atoms with E-state index in [1.54, 1.807) is 87.5 Å². The second-order valence-corrected chi connectivity index (χ2v) is 12.7. The number of hydrogen-bond donors (Lipinski definition) is 3. The van der Waals surface area contributed by atoms with Gasteiger partial charge in [-0.15, -0.1) is 0 Å². The van der Waals surface area contributed by atoms with Gasteiger partial charge >= 0.3 is 5.97 Å². The molecule has 42 heavy (non-hydrogen) atoms. The van der Waals surface area contributed by atoms with Crippen LogP contribution in [0.15, 0.2) is 71.1 Å². The Bertz CT molecular complexity index is 1750. The molecule has 3 aromatic carbocycles. The number of carboxylic acid groups (broad SMARTS) is 1. The summed E-state index contributed by atoms with van der Waals surface area (Å²) < 4.78 is 57.1. The lowest BCUT2D eigenvalue weighted by atomic mass is 10.0. The first-order chi connectivity index (χ1) is 19.8. The Kier molecular flexibility index (Phi) is 9.04. The molecule has 13 heteroatoms. The fraction of sp³-hybridized carbons (Fsp3) is 0.241. The van der Waals surface area contributed by atoms with Crippen LogP contribution in [0.4, 0.5) is 17.1 Å². The predicted molar refractivity (Wildman–Crippen MR) is 162 cm³/mol. The molecule has 1 heterocycles. The minimum atomic E-state index is -3.53. The van der Waals surface area contributed by atoms with Crippen molar-refractivity contribution in [2.75, 3.05) is 20.1 Å². The summed E-state index contributed by atoms with van der Waals surface area (Å²) in [5.41, 5.74) is 3.43. The first-order valence-electron chi connectivity index (χ1n) is 13.0. The number of aliphatic carboxylic acids is 1. The molecule has 11 nitrogen and oxygen atoms in total. The highest BCUT2D eigenvalue weighted by Gasteiger charge is 2.30. The molecule has 0 aliphatic heterocycles. The molecule has 0 radical (unpaired) electrons. The van der Waals surface area contributed by atoms with Gasteiger partial charge in [0.2, 0.25) is 10.0 Å². The smallest absolute Gasteiger partial charge is 0.327 e. The molecule has 1 aromatic heterocycles. The van der Waals surface area contributed by atoms with E-state index >= 15 is 0 Å². The van der Waals surface area contributed by atoms with Crippen molar-refractivity contribution in [2.24, 2.45) is 5.92 Å². The number of sulfonamides is 1. The SMILES string of the molecule is CCS(=O)(=O)Nc1cccc2oc(C(=O)Nc3ccc(-c4ccc(N(C(C(=O)O)C(C)C)S(=O)[O-])cc4)cc3)c(C)c12. The number of carbonyl (C=O) groups is 2. The van der Waals surface area contributed by atoms with Crippen LogP contribution in [0.1, 0.15) is 36.9 Å². The summed E-state index contributed by atoms with van der Waals surface area (Å²) in [7, 11) is -3.53. The Morgan fingerprint density at radius 1 is 1.02 bits per heavy atom. The molecule has 4 aromatic rings. The van der Waals surface area contributed by atoms with E-state index in [1.807, 2.05) is 0 Å². The normalized spacial score (nSPS) is 13.1. The van der Waals surface area contributed by atoms with Crippen LogP contribution in [-0.4, -0.2) is 46.0 Å². The number of anilines is 3. The van der Waals surface area contributed by atoms with Gasteiger partial charge < -0.3 is 19.4 Å². The third-order valence-corrected chi connectivity index (χ3v) is 8.75. The molecule has 0 aliphatic rings. The summed E-state index contributed by atoms with van der Waals surface area (Å²) in [5, 5.41) is 12.8. The number of amides is 1. The number of nitrogens with one attached hydrogen (secondary N) is 2. The largest absolute Gasteiger partial charge is 0.755 e. The molecule has 4 rings (SSSR count). The minimum Gasteiger partial charge on any atom is -0.755 e. The fourth-order valence-corrected chi connectivity index (χ4v) is 6.04. The Labute approximate surface area is 246 Å². The Balaban J connectivity index is 1.53. The Morgan fingerprint density at radius 3 is 2.14 bits per heavy atom. The molecule has 2 unspecified atom stereocenters. The molecule has 0 aliphatic carbocycles. The van der Waals surface area contributed by atoms with Crippen molar-refractivity contribution in [3.8, 4) is 11.1 Å². The van der Waals surface area contributed by atoms with E-state index in [0.29, 0.717) is 27.9 Å². The number of aryl methyl sites for hydroxylation is 1. The van der Waals surface area contributed by atoms with Gasteiger partial charge in [0.15, 0.2) is 5.76 Å². The summed E-state index contributed by atoms with van der Waals surface area (Å²) in [6.45, 7) is 6.48. The zero-order valence-electron chi connectivity index (χ0n) is 23.3. The van der Waals surface area contributed by atoms with E-state index in [4.69, 9.17) is 4.42 Å². The number of nitrogens with zero attached hydrogens (tertiary/aromatic N) is 1. The van der Waals surface area contributed by atoms with Crippen molar-refractivity contribution >= 4 is 61.2 Å². The molecule has 1 amide bonds. The molecule has 0 spiro atoms. The van der Waals surface area contributed by atoms with Gasteiger partial charge in [-0.1, -0.05) is 44.2 Å². The maximum atomic E-state index is 13.1. The molecule has 3 N–H and O–H groups in total. The average molecular weight is 613 g/mol. The standard InChI is InChI=1S/C29H31N3O8S2/c1-5-42(38,39)31-23-7-6-8-24-25(23)18(4)27(40-24)28(33)30-21-13-9-19(10-14-21)20-11-15-22(16-12-20)32(41(36)37)26(17(2)3)29(34)35/h6-17,26,31H,5H2,1-4H3,(H,30,33)(H,34,35)(H,36,37)/p-1. The molecule has 0 fully saturated rings. The summed E-state index contributed by atoms with van der Waals surface area (Å²) in [6.07, 6.45) is 0. The van der Waals surface area contributed by atoms with Crippen LogP contribution in [0.5, 0.6) is 0 Å². The maximum Gasteiger partial charge on any atom is 0.327 e. The molecular formula is C29H30N3O8S2-. The highest BCUT2D eigenvalue weighted by atomic mass is 32.2. The molecular weight excluding hydrogens is 582 g/mol. The van der Waals surface area contributed by atoms with Gasteiger partial charge in [-0.25, -0.2) is 13.2 Å². The second-order valence-electron chi connectivity index (χ2n) is 9.89. The topological polar surface area (TPSA) is 169 Å². The summed E-state index contributed by atoms with van der Waals surface area (Å²) in [5.74, 6) is -2.25. The van der Waals surface area contributed by atoms with E-state index in [1.165, 1.54) is 6.92 Å². The van der Waals surface area contributed by atoms with Crippen molar-refractivity contribution < 1.29 is 36.3 Å². The van der Waals surface area contributed by atoms with Crippen molar-refractivity contribution in [2.45, 2.75) is 33.7 Å². The molecule has 0 saturated carbocycles. The second kappa shape index (κ2) is 12.3. The molecule has 2 atom stereocenters. The lowest BCUT2D eigenvalue weighted by molar-refractivity contribution is -0.139. The number of furan rings is 1. The van der Waals surface area contributed by atoms with E-state index in [9.17, 15) is 31.9 Å². The van der Waals surface area contributed by atoms with Crippen molar-refractivity contribution in [1.82, 2.24) is 0 Å². The molecule has 0 bridgehead atoms. The van der Waals surface area contributed by atoms with Crippen LogP contribution in [0.3, 0.4) is 0 Å². The van der Waals surface area contributed by atoms with Gasteiger partial charge in [-0.3, -0.25) is 18.0 Å². The van der Waals surface area contributed by atoms with Gasteiger partial charge in [0.05, 0.1) is 11.4 Å². The van der Waals surface area contributed by atoms with Gasteiger partial charge in [0.1, 0.15) is 11.6 Å². The third-order valence-electron chi connectivity index (χ3n) is 6.70. The number of benzene rings is 3. The minimum absolute atomic E-state index is 0.0502. The summed E-state index contributed by atoms with van der Waals surface area (Å²) >= 11 is -2.79. The number of carbonyl (C=O) groups excluding carboxylic acids is 1. The zero-order valence-corrected chi connectivity index (χ0v) is 24.9. The zero-order chi connectivity index (χ0) is 30.8. The van der Waals surface area contributed by atoms with Gasteiger partial charge in [0.25, 0.3) is 5.91 Å². The van der Waals surface area contributed by atoms with Crippen molar-refractivity contribution in [3.05, 3.63) is 78.1 Å². The number of fused-ring (bicyclic) bond motifs is 1. The molecule has 222 valence electrons. The monoisotopic (exact) mass is 612 g/mol. The van der Waals surface area contributed by atoms with Gasteiger partial charge in [0, 0.05) is 33.6 Å². The first-order valence-corrected chi connectivity index (χ1v) is 15.7. The first kappa shape index (κ1) is 30.8. The third kappa shape index (κ3) is 6.48. The van der Waals surface area contributed by atoms with Crippen LogP contribution in [0.25, 0.3) is 22.1 Å². The quantitative estimate of drug-likeness (QED) is 0.196. The van der Waals surface area contributed by atoms with Crippen LogP contribution in [0.2, 0.25) is 0 Å². The van der Waals surface area contributed by atoms with E-state index < -0.39 is 45.1 Å². The van der Waals surface area contributed by atoms with Crippen LogP contribution in [-0.2, 0) is 26.1 Å². The average Bonchev–Trinajstić information content (AvgIpc) is 3.29. The van der Waals surface area contributed by atoms with Crippen LogP contribution in [0, 0.1) is 12.8 Å². The maximum absolute atomic E-state index is 13.1. The van der Waals surface area contributed by atoms with Crippen molar-refractivity contribution in [3.63, 3.8) is 0 Å². The number of rotatable bonds is 11.